The zero-order chi connectivity index (χ0) is 13.9. The maximum Gasteiger partial charge on any atom is 0.0975 e. The molecule has 0 heterocycles. The highest BCUT2D eigenvalue weighted by Gasteiger charge is 2.21. The molecule has 2 nitrogen and oxygen atoms in total. The van der Waals surface area contributed by atoms with Gasteiger partial charge in [0.1, 0.15) is 0 Å². The van der Waals surface area contributed by atoms with Crippen LogP contribution >= 0.6 is 0 Å². The van der Waals surface area contributed by atoms with Crippen LogP contribution < -0.4 is 4.72 Å². The van der Waals surface area contributed by atoms with Crippen LogP contribution in [0.2, 0.25) is 0 Å². The van der Waals surface area contributed by atoms with Crippen molar-refractivity contribution in [3.8, 4) is 0 Å². The Morgan fingerprint density at radius 2 is 1.67 bits per heavy atom. The summed E-state index contributed by atoms with van der Waals surface area (Å²) in [7, 11) is -1.04. The maximum atomic E-state index is 12.1. The minimum absolute atomic E-state index is 0.101. The van der Waals surface area contributed by atoms with Gasteiger partial charge in [-0.25, -0.2) is 8.93 Å². The lowest BCUT2D eigenvalue weighted by Crippen LogP contribution is -2.34. The van der Waals surface area contributed by atoms with Gasteiger partial charge in [-0.1, -0.05) is 38.1 Å². The van der Waals surface area contributed by atoms with E-state index in [0.717, 1.165) is 0 Å². The van der Waals surface area contributed by atoms with Gasteiger partial charge in [0.25, 0.3) is 0 Å². The van der Waals surface area contributed by atoms with E-state index in [4.69, 9.17) is 0 Å². The standard InChI is InChI=1S/C15H25NOS/c1-11(2)13-8-7-9-14(10-13)12(3)16-18(17)15(4,5)6/h7-12,16H,1-6H3/t12-,18-/m0/s1. The Hall–Kier alpha value is -0.670. The predicted molar refractivity (Wildman–Crippen MR) is 80.0 cm³/mol. The first-order valence-corrected chi connectivity index (χ1v) is 7.64. The van der Waals surface area contributed by atoms with Crippen LogP contribution in [-0.4, -0.2) is 8.96 Å². The van der Waals surface area contributed by atoms with Gasteiger partial charge in [-0.2, -0.15) is 0 Å². The first kappa shape index (κ1) is 15.4. The summed E-state index contributed by atoms with van der Waals surface area (Å²) in [6, 6.07) is 8.60. The lowest BCUT2D eigenvalue weighted by molar-refractivity contribution is 0.616. The number of hydrogen-bond acceptors (Lipinski definition) is 1. The molecule has 0 radical (unpaired) electrons. The minimum atomic E-state index is -1.04. The summed E-state index contributed by atoms with van der Waals surface area (Å²) in [5.41, 5.74) is 2.52. The topological polar surface area (TPSA) is 29.1 Å². The Morgan fingerprint density at radius 3 is 2.17 bits per heavy atom. The third-order valence-electron chi connectivity index (χ3n) is 2.92. The molecule has 0 bridgehead atoms. The molecule has 1 rings (SSSR count). The van der Waals surface area contributed by atoms with E-state index in [2.05, 4.69) is 49.8 Å². The lowest BCUT2D eigenvalue weighted by Gasteiger charge is -2.22. The van der Waals surface area contributed by atoms with Crippen LogP contribution in [0.15, 0.2) is 24.3 Å². The molecule has 0 saturated heterocycles. The van der Waals surface area contributed by atoms with Crippen LogP contribution in [0.25, 0.3) is 0 Å². The molecule has 0 aliphatic rings. The molecule has 0 fully saturated rings. The molecule has 0 spiro atoms. The number of hydrogen-bond donors (Lipinski definition) is 1. The zero-order valence-corrected chi connectivity index (χ0v) is 13.1. The molecule has 1 aromatic carbocycles. The summed E-state index contributed by atoms with van der Waals surface area (Å²) >= 11 is 0. The molecule has 102 valence electrons. The Kier molecular flexibility index (Phi) is 5.11. The number of benzene rings is 1. The highest BCUT2D eigenvalue weighted by molar-refractivity contribution is 7.84. The van der Waals surface area contributed by atoms with Crippen molar-refractivity contribution in [1.29, 1.82) is 0 Å². The Balaban J connectivity index is 2.82. The summed E-state index contributed by atoms with van der Waals surface area (Å²) < 4.78 is 15.0. The van der Waals surface area contributed by atoms with E-state index in [-0.39, 0.29) is 10.8 Å². The van der Waals surface area contributed by atoms with Crippen molar-refractivity contribution in [2.45, 2.75) is 58.2 Å². The van der Waals surface area contributed by atoms with E-state index < -0.39 is 11.0 Å². The van der Waals surface area contributed by atoms with Crippen molar-refractivity contribution in [1.82, 2.24) is 4.72 Å². The largest absolute Gasteiger partial charge is 0.242 e. The normalized spacial score (nSPS) is 15.7. The van der Waals surface area contributed by atoms with Crippen LogP contribution in [-0.2, 0) is 11.0 Å². The Labute approximate surface area is 114 Å². The first-order valence-electron chi connectivity index (χ1n) is 6.49. The van der Waals surface area contributed by atoms with Gasteiger partial charge in [0, 0.05) is 6.04 Å². The third kappa shape index (κ3) is 4.21. The second-order valence-corrected chi connectivity index (χ2v) is 8.04. The van der Waals surface area contributed by atoms with Crippen molar-refractivity contribution < 1.29 is 4.21 Å². The van der Waals surface area contributed by atoms with Crippen molar-refractivity contribution in [3.05, 3.63) is 35.4 Å². The second-order valence-electron chi connectivity index (χ2n) is 6.05. The van der Waals surface area contributed by atoms with Gasteiger partial charge in [0.05, 0.1) is 15.7 Å². The molecule has 18 heavy (non-hydrogen) atoms. The monoisotopic (exact) mass is 267 g/mol. The van der Waals surface area contributed by atoms with Crippen molar-refractivity contribution in [2.24, 2.45) is 0 Å². The molecule has 1 N–H and O–H groups in total. The smallest absolute Gasteiger partial charge is 0.0975 e. The van der Waals surface area contributed by atoms with Gasteiger partial charge in [-0.3, -0.25) is 0 Å². The molecule has 0 aromatic heterocycles. The van der Waals surface area contributed by atoms with E-state index in [0.29, 0.717) is 5.92 Å². The fourth-order valence-corrected chi connectivity index (χ4v) is 2.40. The number of rotatable bonds is 4. The summed E-state index contributed by atoms with van der Waals surface area (Å²) in [5.74, 6) is 0.519. The molecule has 0 aliphatic heterocycles. The van der Waals surface area contributed by atoms with Gasteiger partial charge in [0.15, 0.2) is 0 Å². The molecule has 1 aromatic rings. The van der Waals surface area contributed by atoms with Crippen molar-refractivity contribution in [2.75, 3.05) is 0 Å². The SMILES string of the molecule is CC(C)c1cccc([C@H](C)N[S@@](=O)C(C)(C)C)c1. The van der Waals surface area contributed by atoms with Gasteiger partial charge >= 0.3 is 0 Å². The van der Waals surface area contributed by atoms with Gasteiger partial charge in [-0.15, -0.1) is 0 Å². The first-order chi connectivity index (χ1) is 8.21. The van der Waals surface area contributed by atoms with Gasteiger partial charge in [0.2, 0.25) is 0 Å². The molecular formula is C15H25NOS. The highest BCUT2D eigenvalue weighted by atomic mass is 32.2. The fourth-order valence-electron chi connectivity index (χ4n) is 1.59. The average molecular weight is 267 g/mol. The second kappa shape index (κ2) is 5.98. The molecule has 0 unspecified atom stereocenters. The highest BCUT2D eigenvalue weighted by Crippen LogP contribution is 2.21. The van der Waals surface area contributed by atoms with Crippen LogP contribution in [0.5, 0.6) is 0 Å². The van der Waals surface area contributed by atoms with Crippen LogP contribution in [0.3, 0.4) is 0 Å². The van der Waals surface area contributed by atoms with Crippen LogP contribution in [0, 0.1) is 0 Å². The molecule has 3 heteroatoms. The maximum absolute atomic E-state index is 12.1. The minimum Gasteiger partial charge on any atom is -0.242 e. The number of nitrogens with one attached hydrogen (secondary N) is 1. The van der Waals surface area contributed by atoms with E-state index in [1.807, 2.05) is 20.8 Å². The summed E-state index contributed by atoms with van der Waals surface area (Å²) in [6.45, 7) is 12.4. The molecule has 0 aliphatic carbocycles. The molecule has 2 atom stereocenters. The predicted octanol–water partition coefficient (Wildman–Crippen LogP) is 3.92. The van der Waals surface area contributed by atoms with Crippen molar-refractivity contribution >= 4 is 11.0 Å². The van der Waals surface area contributed by atoms with E-state index in [1.165, 1.54) is 11.1 Å². The summed E-state index contributed by atoms with van der Waals surface area (Å²) in [4.78, 5) is 0. The van der Waals surface area contributed by atoms with Crippen molar-refractivity contribution in [3.63, 3.8) is 0 Å². The lowest BCUT2D eigenvalue weighted by atomic mass is 9.99. The van der Waals surface area contributed by atoms with Crippen LogP contribution in [0.1, 0.15) is 64.6 Å². The molecule has 0 amide bonds. The summed E-state index contributed by atoms with van der Waals surface area (Å²) in [6.07, 6.45) is 0. The fraction of sp³-hybridized carbons (Fsp3) is 0.600. The van der Waals surface area contributed by atoms with Gasteiger partial charge < -0.3 is 0 Å². The third-order valence-corrected chi connectivity index (χ3v) is 4.60. The molecular weight excluding hydrogens is 242 g/mol. The van der Waals surface area contributed by atoms with E-state index in [9.17, 15) is 4.21 Å². The summed E-state index contributed by atoms with van der Waals surface area (Å²) in [5, 5.41) is 0. The van der Waals surface area contributed by atoms with E-state index in [1.54, 1.807) is 0 Å². The zero-order valence-electron chi connectivity index (χ0n) is 12.3. The van der Waals surface area contributed by atoms with E-state index >= 15 is 0 Å². The average Bonchev–Trinajstić information content (AvgIpc) is 2.27. The molecule has 0 saturated carbocycles. The quantitative estimate of drug-likeness (QED) is 0.880. The van der Waals surface area contributed by atoms with Crippen LogP contribution in [0.4, 0.5) is 0 Å². The van der Waals surface area contributed by atoms with Gasteiger partial charge in [-0.05, 0) is 44.7 Å². The Morgan fingerprint density at radius 1 is 1.11 bits per heavy atom. The Bertz CT molecular complexity index is 421.